The van der Waals surface area contributed by atoms with Crippen molar-refractivity contribution < 1.29 is 4.39 Å². The van der Waals surface area contributed by atoms with Crippen molar-refractivity contribution in [3.63, 3.8) is 0 Å². The van der Waals surface area contributed by atoms with Crippen molar-refractivity contribution in [1.29, 1.82) is 5.41 Å². The van der Waals surface area contributed by atoms with Crippen LogP contribution >= 0.6 is 0 Å². The summed E-state index contributed by atoms with van der Waals surface area (Å²) >= 11 is 0. The highest BCUT2D eigenvalue weighted by Crippen LogP contribution is 2.29. The van der Waals surface area contributed by atoms with Crippen LogP contribution in [0.4, 0.5) is 10.1 Å². The molecule has 4 rings (SSSR count). The summed E-state index contributed by atoms with van der Waals surface area (Å²) in [7, 11) is 0. The predicted octanol–water partition coefficient (Wildman–Crippen LogP) is 5.06. The molecule has 4 N–H and O–H groups in total. The Bertz CT molecular complexity index is 1180. The Labute approximate surface area is 180 Å². The van der Waals surface area contributed by atoms with Crippen molar-refractivity contribution in [3.05, 3.63) is 113 Å². The van der Waals surface area contributed by atoms with Crippen molar-refractivity contribution >= 4 is 11.5 Å². The number of benzene rings is 3. The zero-order valence-electron chi connectivity index (χ0n) is 17.2. The third-order valence-corrected chi connectivity index (χ3v) is 5.21. The van der Waals surface area contributed by atoms with E-state index in [0.29, 0.717) is 16.8 Å². The molecule has 1 aromatic heterocycles. The van der Waals surface area contributed by atoms with Crippen LogP contribution < -0.4 is 11.1 Å². The molecule has 6 heteroatoms. The van der Waals surface area contributed by atoms with Crippen LogP contribution in [0.1, 0.15) is 35.3 Å². The Balaban J connectivity index is 1.74. The fourth-order valence-electron chi connectivity index (χ4n) is 3.47. The van der Waals surface area contributed by atoms with E-state index in [9.17, 15) is 4.39 Å². The van der Waals surface area contributed by atoms with Gasteiger partial charge in [-0.25, -0.2) is 9.07 Å². The number of anilines is 1. The number of nitrogens with two attached hydrogens (primary N) is 1. The van der Waals surface area contributed by atoms with E-state index in [1.165, 1.54) is 6.07 Å². The Morgan fingerprint density at radius 2 is 1.81 bits per heavy atom. The number of halogens is 1. The second kappa shape index (κ2) is 8.83. The van der Waals surface area contributed by atoms with Crippen molar-refractivity contribution in [2.75, 3.05) is 5.32 Å². The molecule has 1 unspecified atom stereocenters. The fourth-order valence-corrected chi connectivity index (χ4v) is 3.47. The molecular weight excluding hydrogens is 389 g/mol. The first-order valence-electron chi connectivity index (χ1n) is 10.2. The van der Waals surface area contributed by atoms with Crippen molar-refractivity contribution in [2.45, 2.75) is 19.4 Å². The van der Waals surface area contributed by atoms with Crippen LogP contribution in [-0.4, -0.2) is 15.6 Å². The van der Waals surface area contributed by atoms with Crippen LogP contribution in [0.25, 0.3) is 5.69 Å². The van der Waals surface area contributed by atoms with Gasteiger partial charge in [-0.1, -0.05) is 37.3 Å². The van der Waals surface area contributed by atoms with E-state index in [2.05, 4.69) is 5.32 Å². The maximum Gasteiger partial charge on any atom is 0.128 e. The first kappa shape index (κ1) is 20.3. The van der Waals surface area contributed by atoms with Crippen LogP contribution in [0, 0.1) is 11.2 Å². The average molecular weight is 414 g/mol. The highest BCUT2D eigenvalue weighted by Gasteiger charge is 2.21. The SMILES string of the molecule is CCc1ccc(F)c(C(Nc2ccc(C(=N)N)cc2)c2ccn(-c3ccccc3)n2)c1. The number of amidine groups is 1. The molecule has 0 amide bonds. The van der Waals surface area contributed by atoms with Crippen molar-refractivity contribution in [3.8, 4) is 5.69 Å². The average Bonchev–Trinajstić information content (AvgIpc) is 3.29. The predicted molar refractivity (Wildman–Crippen MR) is 122 cm³/mol. The summed E-state index contributed by atoms with van der Waals surface area (Å²) in [5.74, 6) is -0.282. The molecule has 5 nitrogen and oxygen atoms in total. The van der Waals surface area contributed by atoms with Gasteiger partial charge in [-0.15, -0.1) is 0 Å². The minimum Gasteiger partial charge on any atom is -0.384 e. The van der Waals surface area contributed by atoms with Gasteiger partial charge in [0.25, 0.3) is 0 Å². The second-order valence-electron chi connectivity index (χ2n) is 7.30. The standard InChI is InChI=1S/C25H24FN5/c1-2-17-8-13-22(26)21(16-17)24(29-19-11-9-18(10-12-19)25(27)28)23-14-15-31(30-23)20-6-4-3-5-7-20/h3-16,24,29H,2H2,1H3,(H3,27,28). The number of nitrogens with one attached hydrogen (secondary N) is 2. The van der Waals surface area contributed by atoms with Gasteiger partial charge in [0.1, 0.15) is 11.7 Å². The van der Waals surface area contributed by atoms with Crippen LogP contribution in [0.3, 0.4) is 0 Å². The summed E-state index contributed by atoms with van der Waals surface area (Å²) in [5, 5.41) is 15.7. The van der Waals surface area contributed by atoms with E-state index >= 15 is 0 Å². The smallest absolute Gasteiger partial charge is 0.128 e. The topological polar surface area (TPSA) is 79.7 Å². The Hall–Kier alpha value is -3.93. The molecule has 0 fully saturated rings. The highest BCUT2D eigenvalue weighted by atomic mass is 19.1. The first-order chi connectivity index (χ1) is 15.0. The van der Waals surface area contributed by atoms with Gasteiger partial charge >= 0.3 is 0 Å². The lowest BCUT2D eigenvalue weighted by molar-refractivity contribution is 0.600. The normalized spacial score (nSPS) is 11.8. The number of nitrogen functional groups attached to an aromatic ring is 1. The van der Waals surface area contributed by atoms with Gasteiger partial charge in [0.2, 0.25) is 0 Å². The summed E-state index contributed by atoms with van der Waals surface area (Å²) in [6.07, 6.45) is 2.69. The van der Waals surface area contributed by atoms with Crippen LogP contribution in [0.15, 0.2) is 85.1 Å². The molecular formula is C25H24FN5. The minimum atomic E-state index is -0.486. The van der Waals surface area contributed by atoms with E-state index in [0.717, 1.165) is 23.4 Å². The highest BCUT2D eigenvalue weighted by molar-refractivity contribution is 5.95. The zero-order valence-corrected chi connectivity index (χ0v) is 17.2. The van der Waals surface area contributed by atoms with Crippen molar-refractivity contribution in [1.82, 2.24) is 9.78 Å². The number of rotatable bonds is 7. The van der Waals surface area contributed by atoms with E-state index < -0.39 is 6.04 Å². The maximum absolute atomic E-state index is 14.9. The molecule has 0 radical (unpaired) electrons. The lowest BCUT2D eigenvalue weighted by atomic mass is 9.99. The quantitative estimate of drug-likeness (QED) is 0.293. The number of aryl methyl sites for hydroxylation is 1. The Kier molecular flexibility index (Phi) is 5.80. The maximum atomic E-state index is 14.9. The van der Waals surface area contributed by atoms with Crippen LogP contribution in [-0.2, 0) is 6.42 Å². The van der Waals surface area contributed by atoms with Crippen LogP contribution in [0.5, 0.6) is 0 Å². The van der Waals surface area contributed by atoms with Gasteiger partial charge in [0.15, 0.2) is 0 Å². The first-order valence-corrected chi connectivity index (χ1v) is 10.2. The molecule has 0 saturated carbocycles. The summed E-state index contributed by atoms with van der Waals surface area (Å²) in [5.41, 5.74) is 10.2. The Morgan fingerprint density at radius 1 is 1.06 bits per heavy atom. The zero-order chi connectivity index (χ0) is 21.8. The molecule has 0 aliphatic heterocycles. The number of hydrogen-bond acceptors (Lipinski definition) is 3. The molecule has 4 aromatic rings. The third kappa shape index (κ3) is 4.48. The second-order valence-corrected chi connectivity index (χ2v) is 7.30. The summed E-state index contributed by atoms with van der Waals surface area (Å²) < 4.78 is 16.7. The van der Waals surface area contributed by atoms with E-state index in [1.807, 2.05) is 67.7 Å². The van der Waals surface area contributed by atoms with Gasteiger partial charge in [-0.2, -0.15) is 5.10 Å². The van der Waals surface area contributed by atoms with Crippen molar-refractivity contribution in [2.24, 2.45) is 5.73 Å². The van der Waals surface area contributed by atoms with Gasteiger partial charge in [-0.3, -0.25) is 5.41 Å². The summed E-state index contributed by atoms with van der Waals surface area (Å²) in [6.45, 7) is 2.05. The molecule has 156 valence electrons. The lowest BCUT2D eigenvalue weighted by Crippen LogP contribution is -2.16. The van der Waals surface area contributed by atoms with Crippen LogP contribution in [0.2, 0.25) is 0 Å². The Morgan fingerprint density at radius 3 is 2.48 bits per heavy atom. The lowest BCUT2D eigenvalue weighted by Gasteiger charge is -2.20. The number of para-hydroxylation sites is 1. The molecule has 3 aromatic carbocycles. The number of nitrogens with zero attached hydrogens (tertiary/aromatic N) is 2. The molecule has 1 heterocycles. The number of hydrogen-bond donors (Lipinski definition) is 3. The molecule has 0 saturated heterocycles. The molecule has 31 heavy (non-hydrogen) atoms. The molecule has 0 aliphatic rings. The third-order valence-electron chi connectivity index (χ3n) is 5.21. The number of aromatic nitrogens is 2. The molecule has 0 spiro atoms. The van der Waals surface area contributed by atoms with E-state index in [4.69, 9.17) is 16.2 Å². The molecule has 0 bridgehead atoms. The summed E-state index contributed by atoms with van der Waals surface area (Å²) in [4.78, 5) is 0. The van der Waals surface area contributed by atoms with Gasteiger partial charge in [0.05, 0.1) is 17.4 Å². The minimum absolute atomic E-state index is 0.00592. The largest absolute Gasteiger partial charge is 0.384 e. The van der Waals surface area contributed by atoms with Gasteiger partial charge in [-0.05, 0) is 60.5 Å². The summed E-state index contributed by atoms with van der Waals surface area (Å²) in [6, 6.07) is 23.6. The molecule has 0 aliphatic carbocycles. The monoisotopic (exact) mass is 413 g/mol. The molecule has 1 atom stereocenters. The fraction of sp³-hybridized carbons (Fsp3) is 0.120. The van der Waals surface area contributed by atoms with E-state index in [-0.39, 0.29) is 11.7 Å². The van der Waals surface area contributed by atoms with Gasteiger partial charge in [0, 0.05) is 23.0 Å². The van der Waals surface area contributed by atoms with E-state index in [1.54, 1.807) is 22.9 Å². The van der Waals surface area contributed by atoms with Gasteiger partial charge < -0.3 is 11.1 Å².